The zero-order valence-corrected chi connectivity index (χ0v) is 19.2. The quantitative estimate of drug-likeness (QED) is 0.603. The molecule has 0 aromatic rings. The molecule has 11 atom stereocenters. The predicted octanol–water partition coefficient (Wildman–Crippen LogP) is 3.54. The number of aliphatic hydroxyl groups is 3. The Hall–Kier alpha value is -0.650. The molecule has 4 rings (SSSR count). The Balaban J connectivity index is 1.58. The van der Waals surface area contributed by atoms with E-state index in [9.17, 15) is 20.1 Å². The van der Waals surface area contributed by atoms with E-state index in [-0.39, 0.29) is 41.0 Å². The van der Waals surface area contributed by atoms with Crippen molar-refractivity contribution < 1.29 is 24.9 Å². The van der Waals surface area contributed by atoms with Crippen molar-refractivity contribution in [2.75, 3.05) is 7.11 Å². The first kappa shape index (κ1) is 22.5. The van der Waals surface area contributed by atoms with Gasteiger partial charge in [0.15, 0.2) is 0 Å². The molecule has 4 aliphatic carbocycles. The number of fused-ring (bicyclic) bond motifs is 5. The molecule has 0 unspecified atom stereocenters. The first-order valence-corrected chi connectivity index (χ1v) is 12.2. The third-order valence-corrected chi connectivity index (χ3v) is 10.6. The lowest BCUT2D eigenvalue weighted by atomic mass is 9.43. The second kappa shape index (κ2) is 8.04. The molecule has 30 heavy (non-hydrogen) atoms. The number of hydrogen-bond donors (Lipinski definition) is 3. The number of rotatable bonds is 4. The summed E-state index contributed by atoms with van der Waals surface area (Å²) in [5.74, 6) is 1.81. The van der Waals surface area contributed by atoms with Gasteiger partial charge >= 0.3 is 5.97 Å². The maximum Gasteiger partial charge on any atom is 0.305 e. The monoisotopic (exact) mass is 422 g/mol. The molecule has 0 aromatic heterocycles. The number of methoxy groups -OCH3 is 1. The van der Waals surface area contributed by atoms with E-state index in [0.717, 1.165) is 51.4 Å². The first-order valence-electron chi connectivity index (χ1n) is 12.2. The topological polar surface area (TPSA) is 87.0 Å². The molecule has 0 radical (unpaired) electrons. The first-order chi connectivity index (χ1) is 14.1. The van der Waals surface area contributed by atoms with Crippen molar-refractivity contribution in [2.24, 2.45) is 46.3 Å². The number of esters is 1. The van der Waals surface area contributed by atoms with Gasteiger partial charge in [0.2, 0.25) is 0 Å². The summed E-state index contributed by atoms with van der Waals surface area (Å²) >= 11 is 0. The predicted molar refractivity (Wildman–Crippen MR) is 114 cm³/mol. The van der Waals surface area contributed by atoms with Crippen molar-refractivity contribution in [2.45, 2.75) is 96.9 Å². The van der Waals surface area contributed by atoms with Crippen LogP contribution in [-0.2, 0) is 9.53 Å². The summed E-state index contributed by atoms with van der Waals surface area (Å²) < 4.78 is 4.83. The Morgan fingerprint density at radius 2 is 1.80 bits per heavy atom. The van der Waals surface area contributed by atoms with Crippen molar-refractivity contribution in [1.82, 2.24) is 0 Å². The minimum Gasteiger partial charge on any atom is -0.469 e. The molecule has 5 nitrogen and oxygen atoms in total. The third kappa shape index (κ3) is 3.34. The van der Waals surface area contributed by atoms with Gasteiger partial charge in [0.25, 0.3) is 0 Å². The van der Waals surface area contributed by atoms with Crippen LogP contribution in [0.25, 0.3) is 0 Å². The van der Waals surface area contributed by atoms with Gasteiger partial charge in [-0.25, -0.2) is 0 Å². The lowest BCUT2D eigenvalue weighted by Gasteiger charge is -2.63. The second-order valence-electron chi connectivity index (χ2n) is 11.6. The van der Waals surface area contributed by atoms with Gasteiger partial charge in [-0.05, 0) is 97.7 Å². The highest BCUT2D eigenvalue weighted by atomic mass is 16.5. The fraction of sp³-hybridized carbons (Fsp3) is 0.960. The van der Waals surface area contributed by atoms with E-state index in [0.29, 0.717) is 36.0 Å². The van der Waals surface area contributed by atoms with Crippen LogP contribution in [0.1, 0.15) is 78.6 Å². The molecular weight excluding hydrogens is 380 g/mol. The molecule has 3 N–H and O–H groups in total. The Kier molecular flexibility index (Phi) is 6.04. The average Bonchev–Trinajstić information content (AvgIpc) is 3.06. The molecule has 172 valence electrons. The summed E-state index contributed by atoms with van der Waals surface area (Å²) in [5.41, 5.74) is -0.0882. The number of hydrogen-bond acceptors (Lipinski definition) is 5. The average molecular weight is 423 g/mol. The van der Waals surface area contributed by atoms with Crippen LogP contribution in [0.15, 0.2) is 0 Å². The van der Waals surface area contributed by atoms with Crippen LogP contribution in [0.5, 0.6) is 0 Å². The van der Waals surface area contributed by atoms with E-state index in [1.807, 2.05) is 0 Å². The van der Waals surface area contributed by atoms with E-state index < -0.39 is 0 Å². The maximum absolute atomic E-state index is 11.7. The molecule has 0 amide bonds. The summed E-state index contributed by atoms with van der Waals surface area (Å²) in [6, 6.07) is 0. The van der Waals surface area contributed by atoms with E-state index in [4.69, 9.17) is 4.74 Å². The fourth-order valence-electron chi connectivity index (χ4n) is 8.78. The van der Waals surface area contributed by atoms with Crippen molar-refractivity contribution >= 4 is 5.97 Å². The van der Waals surface area contributed by atoms with Crippen LogP contribution < -0.4 is 0 Å². The van der Waals surface area contributed by atoms with Crippen LogP contribution in [0.3, 0.4) is 0 Å². The molecule has 4 saturated carbocycles. The summed E-state index contributed by atoms with van der Waals surface area (Å²) in [6.07, 6.45) is 6.60. The summed E-state index contributed by atoms with van der Waals surface area (Å²) in [7, 11) is 1.44. The van der Waals surface area contributed by atoms with Crippen molar-refractivity contribution in [3.05, 3.63) is 0 Å². The van der Waals surface area contributed by atoms with Gasteiger partial charge in [-0.2, -0.15) is 0 Å². The van der Waals surface area contributed by atoms with E-state index in [1.165, 1.54) is 7.11 Å². The molecule has 4 aliphatic rings. The zero-order valence-electron chi connectivity index (χ0n) is 19.2. The van der Waals surface area contributed by atoms with Gasteiger partial charge in [-0.3, -0.25) is 4.79 Å². The van der Waals surface area contributed by atoms with Gasteiger partial charge in [-0.1, -0.05) is 20.8 Å². The fourth-order valence-corrected chi connectivity index (χ4v) is 8.78. The van der Waals surface area contributed by atoms with Crippen molar-refractivity contribution in [3.8, 4) is 0 Å². The molecule has 4 fully saturated rings. The van der Waals surface area contributed by atoms with Crippen LogP contribution in [0, 0.1) is 46.3 Å². The standard InChI is InChI=1S/C25H42O5/c1-14(5-8-22(29)30-4)17-6-7-18-23-19(13-21(28)25(17,18)3)24(2)10-9-16(26)11-15(24)12-20(23)27/h14-21,23,26-28H,5-13H2,1-4H3/t14-,15-,16-,17+,18-,19-,20-,21-,23-,24-,25+/m0/s1. The van der Waals surface area contributed by atoms with Gasteiger partial charge in [-0.15, -0.1) is 0 Å². The minimum atomic E-state index is -0.369. The van der Waals surface area contributed by atoms with Crippen LogP contribution in [0.2, 0.25) is 0 Å². The summed E-state index contributed by atoms with van der Waals surface area (Å²) in [6.45, 7) is 6.85. The molecule has 0 aliphatic heterocycles. The number of ether oxygens (including phenoxy) is 1. The molecule has 5 heteroatoms. The molecule has 0 saturated heterocycles. The van der Waals surface area contributed by atoms with Crippen LogP contribution in [-0.4, -0.2) is 46.7 Å². The molecule has 0 aromatic carbocycles. The van der Waals surface area contributed by atoms with Crippen LogP contribution in [0.4, 0.5) is 0 Å². The lowest BCUT2D eigenvalue weighted by molar-refractivity contribution is -0.207. The Bertz CT molecular complexity index is 651. The number of aliphatic hydroxyl groups excluding tert-OH is 3. The molecule has 0 bridgehead atoms. The van der Waals surface area contributed by atoms with Gasteiger partial charge in [0.1, 0.15) is 0 Å². The molecule has 0 heterocycles. The maximum atomic E-state index is 11.7. The van der Waals surface area contributed by atoms with Crippen LogP contribution >= 0.6 is 0 Å². The SMILES string of the molecule is COC(=O)CC[C@H](C)[C@H]1CC[C@H]2[C@@H]3[C@@H](O)C[C@@H]4C[C@@H](O)CC[C@]4(C)[C@H]3C[C@H](O)[C@]12C. The van der Waals surface area contributed by atoms with E-state index in [2.05, 4.69) is 20.8 Å². The minimum absolute atomic E-state index is 0.111. The lowest BCUT2D eigenvalue weighted by Crippen LogP contribution is -2.62. The van der Waals surface area contributed by atoms with Gasteiger partial charge < -0.3 is 20.1 Å². The zero-order chi connectivity index (χ0) is 21.8. The van der Waals surface area contributed by atoms with Crippen molar-refractivity contribution in [3.63, 3.8) is 0 Å². The van der Waals surface area contributed by atoms with Gasteiger partial charge in [0.05, 0.1) is 25.4 Å². The third-order valence-electron chi connectivity index (χ3n) is 10.6. The Labute approximate surface area is 181 Å². The largest absolute Gasteiger partial charge is 0.469 e. The summed E-state index contributed by atoms with van der Waals surface area (Å²) in [4.78, 5) is 11.7. The smallest absolute Gasteiger partial charge is 0.305 e. The van der Waals surface area contributed by atoms with E-state index in [1.54, 1.807) is 0 Å². The Morgan fingerprint density at radius 3 is 2.50 bits per heavy atom. The van der Waals surface area contributed by atoms with E-state index >= 15 is 0 Å². The highest BCUT2D eigenvalue weighted by Gasteiger charge is 2.65. The Morgan fingerprint density at radius 1 is 1.07 bits per heavy atom. The van der Waals surface area contributed by atoms with Gasteiger partial charge in [0, 0.05) is 6.42 Å². The number of carbonyl (C=O) groups excluding carboxylic acids is 1. The second-order valence-corrected chi connectivity index (χ2v) is 11.6. The molecular formula is C25H42O5. The highest BCUT2D eigenvalue weighted by molar-refractivity contribution is 5.69. The van der Waals surface area contributed by atoms with Crippen molar-refractivity contribution in [1.29, 1.82) is 0 Å². The molecule has 0 spiro atoms. The normalized spacial score (nSPS) is 51.4. The highest BCUT2D eigenvalue weighted by Crippen LogP contribution is 2.68. The summed E-state index contributed by atoms with van der Waals surface area (Å²) in [5, 5.41) is 33.1. The number of carbonyl (C=O) groups is 1.